The highest BCUT2D eigenvalue weighted by Crippen LogP contribution is 2.48. The number of nitrogens with zero attached hydrogens (tertiary/aromatic N) is 2. The van der Waals surface area contributed by atoms with Crippen LogP contribution in [0.15, 0.2) is 0 Å². The minimum atomic E-state index is -0.755. The van der Waals surface area contributed by atoms with Gasteiger partial charge < -0.3 is 9.84 Å². The fraction of sp³-hybridized carbons (Fsp3) is 0.875. The van der Waals surface area contributed by atoms with E-state index in [0.717, 1.165) is 45.2 Å². The van der Waals surface area contributed by atoms with E-state index in [1.54, 1.807) is 4.90 Å². The molecule has 3 saturated heterocycles. The van der Waals surface area contributed by atoms with Crippen LogP contribution in [0.25, 0.3) is 0 Å². The molecule has 1 amide bonds. The normalized spacial score (nSPS) is 35.3. The molecule has 124 valence electrons. The van der Waals surface area contributed by atoms with Crippen LogP contribution in [-0.2, 0) is 9.53 Å². The molecule has 0 aromatic heterocycles. The first kappa shape index (κ1) is 15.6. The molecule has 0 aromatic carbocycles. The van der Waals surface area contributed by atoms with Crippen LogP contribution in [0.1, 0.15) is 45.4 Å². The summed E-state index contributed by atoms with van der Waals surface area (Å²) in [5.41, 5.74) is -0.160. The van der Waals surface area contributed by atoms with Crippen molar-refractivity contribution < 1.29 is 19.4 Å². The van der Waals surface area contributed by atoms with Gasteiger partial charge in [0.2, 0.25) is 0 Å². The summed E-state index contributed by atoms with van der Waals surface area (Å²) in [5, 5.41) is 9.54. The Morgan fingerprint density at radius 3 is 2.64 bits per heavy atom. The lowest BCUT2D eigenvalue weighted by molar-refractivity contribution is -0.144. The van der Waals surface area contributed by atoms with Crippen molar-refractivity contribution in [1.82, 2.24) is 9.80 Å². The number of carboxylic acid groups (broad SMARTS) is 1. The first-order valence-corrected chi connectivity index (χ1v) is 8.32. The number of methoxy groups -OCH3 is 1. The maximum atomic E-state index is 11.6. The molecule has 0 radical (unpaired) electrons. The van der Waals surface area contributed by atoms with E-state index in [9.17, 15) is 14.7 Å². The smallest absolute Gasteiger partial charge is 0.408 e. The van der Waals surface area contributed by atoms with Crippen LogP contribution in [0, 0.1) is 5.92 Å². The Morgan fingerprint density at radius 2 is 2.05 bits per heavy atom. The summed E-state index contributed by atoms with van der Waals surface area (Å²) in [7, 11) is 1.43. The molecule has 0 spiro atoms. The fourth-order valence-electron chi connectivity index (χ4n) is 4.82. The van der Waals surface area contributed by atoms with Gasteiger partial charge in [0.05, 0.1) is 13.5 Å². The second kappa shape index (κ2) is 5.72. The van der Waals surface area contributed by atoms with Gasteiger partial charge in [-0.05, 0) is 38.0 Å². The van der Waals surface area contributed by atoms with Gasteiger partial charge in [-0.25, -0.2) is 4.79 Å². The SMILES string of the molecule is CCC12CCC(CC(N3CC(CC(=O)OC)C3)C1)N2C(=O)O. The summed E-state index contributed by atoms with van der Waals surface area (Å²) in [4.78, 5) is 27.1. The van der Waals surface area contributed by atoms with E-state index in [1.165, 1.54) is 7.11 Å². The Balaban J connectivity index is 1.60. The molecule has 3 heterocycles. The van der Waals surface area contributed by atoms with E-state index in [0.29, 0.717) is 18.4 Å². The molecule has 6 nitrogen and oxygen atoms in total. The quantitative estimate of drug-likeness (QED) is 0.804. The maximum absolute atomic E-state index is 11.6. The highest BCUT2D eigenvalue weighted by atomic mass is 16.5. The number of piperidine rings is 1. The number of ether oxygens (including phenoxy) is 1. The summed E-state index contributed by atoms with van der Waals surface area (Å²) in [6, 6.07) is 0.646. The first-order chi connectivity index (χ1) is 10.5. The zero-order valence-electron chi connectivity index (χ0n) is 13.5. The minimum absolute atomic E-state index is 0.129. The Hall–Kier alpha value is -1.30. The molecule has 1 N–H and O–H groups in total. The number of likely N-dealkylation sites (tertiary alicyclic amines) is 1. The fourth-order valence-corrected chi connectivity index (χ4v) is 4.82. The van der Waals surface area contributed by atoms with Crippen LogP contribution in [0.4, 0.5) is 4.79 Å². The molecule has 3 unspecified atom stereocenters. The van der Waals surface area contributed by atoms with Crippen molar-refractivity contribution in [3.05, 3.63) is 0 Å². The highest BCUT2D eigenvalue weighted by Gasteiger charge is 2.54. The Labute approximate surface area is 131 Å². The van der Waals surface area contributed by atoms with Crippen molar-refractivity contribution in [1.29, 1.82) is 0 Å². The largest absolute Gasteiger partial charge is 0.469 e. The molecule has 3 fully saturated rings. The van der Waals surface area contributed by atoms with Gasteiger partial charge in [0.25, 0.3) is 0 Å². The molecule has 2 bridgehead atoms. The number of carbonyl (C=O) groups excluding carboxylic acids is 1. The summed E-state index contributed by atoms with van der Waals surface area (Å²) >= 11 is 0. The van der Waals surface area contributed by atoms with E-state index in [1.807, 2.05) is 0 Å². The van der Waals surface area contributed by atoms with Crippen LogP contribution >= 0.6 is 0 Å². The van der Waals surface area contributed by atoms with Crippen LogP contribution in [0.5, 0.6) is 0 Å². The van der Waals surface area contributed by atoms with Crippen molar-refractivity contribution >= 4 is 12.1 Å². The van der Waals surface area contributed by atoms with Crippen molar-refractivity contribution in [2.75, 3.05) is 20.2 Å². The molecule has 0 aliphatic carbocycles. The monoisotopic (exact) mass is 310 g/mol. The molecular weight excluding hydrogens is 284 g/mol. The predicted octanol–water partition coefficient (Wildman–Crippen LogP) is 1.93. The second-order valence-electron chi connectivity index (χ2n) is 7.12. The van der Waals surface area contributed by atoms with Gasteiger partial charge in [-0.3, -0.25) is 14.6 Å². The van der Waals surface area contributed by atoms with Gasteiger partial charge in [-0.1, -0.05) is 6.92 Å². The lowest BCUT2D eigenvalue weighted by Crippen LogP contribution is -2.62. The van der Waals surface area contributed by atoms with E-state index in [2.05, 4.69) is 11.8 Å². The third-order valence-corrected chi connectivity index (χ3v) is 6.03. The topological polar surface area (TPSA) is 70.1 Å². The van der Waals surface area contributed by atoms with E-state index in [-0.39, 0.29) is 17.6 Å². The van der Waals surface area contributed by atoms with E-state index >= 15 is 0 Å². The van der Waals surface area contributed by atoms with Gasteiger partial charge in [-0.2, -0.15) is 0 Å². The number of hydrogen-bond donors (Lipinski definition) is 1. The van der Waals surface area contributed by atoms with Crippen molar-refractivity contribution in [2.45, 2.75) is 63.1 Å². The lowest BCUT2D eigenvalue weighted by Gasteiger charge is -2.52. The van der Waals surface area contributed by atoms with E-state index < -0.39 is 6.09 Å². The Morgan fingerprint density at radius 1 is 1.32 bits per heavy atom. The molecule has 3 aliphatic heterocycles. The Bertz CT molecular complexity index is 463. The summed E-state index contributed by atoms with van der Waals surface area (Å²) in [5.74, 6) is 0.274. The minimum Gasteiger partial charge on any atom is -0.469 e. The summed E-state index contributed by atoms with van der Waals surface area (Å²) in [6.45, 7) is 4.00. The lowest BCUT2D eigenvalue weighted by atomic mass is 9.80. The third-order valence-electron chi connectivity index (χ3n) is 6.03. The van der Waals surface area contributed by atoms with Crippen LogP contribution in [0.2, 0.25) is 0 Å². The molecule has 22 heavy (non-hydrogen) atoms. The third kappa shape index (κ3) is 2.47. The van der Waals surface area contributed by atoms with E-state index in [4.69, 9.17) is 4.74 Å². The number of hydrogen-bond acceptors (Lipinski definition) is 4. The van der Waals surface area contributed by atoms with Crippen molar-refractivity contribution in [2.24, 2.45) is 5.92 Å². The van der Waals surface area contributed by atoms with Crippen molar-refractivity contribution in [3.8, 4) is 0 Å². The predicted molar refractivity (Wildman–Crippen MR) is 80.6 cm³/mol. The van der Waals surface area contributed by atoms with Gasteiger partial charge in [0.1, 0.15) is 0 Å². The number of rotatable bonds is 4. The van der Waals surface area contributed by atoms with Crippen LogP contribution in [0.3, 0.4) is 0 Å². The molecule has 0 aromatic rings. The molecular formula is C16H26N2O4. The van der Waals surface area contributed by atoms with Crippen molar-refractivity contribution in [3.63, 3.8) is 0 Å². The zero-order chi connectivity index (χ0) is 15.9. The van der Waals surface area contributed by atoms with Gasteiger partial charge >= 0.3 is 12.1 Å². The summed E-state index contributed by atoms with van der Waals surface area (Å²) < 4.78 is 4.73. The number of amides is 1. The Kier molecular flexibility index (Phi) is 4.05. The zero-order valence-corrected chi connectivity index (χ0v) is 13.5. The highest BCUT2D eigenvalue weighted by molar-refractivity contribution is 5.69. The standard InChI is InChI=1S/C16H26N2O4/c1-3-16-5-4-12(18(16)15(20)21)7-13(8-16)17-9-11(10-17)6-14(19)22-2/h11-13H,3-10H2,1-2H3,(H,20,21). The average Bonchev–Trinajstić information content (AvgIpc) is 2.70. The number of carbonyl (C=O) groups is 2. The summed E-state index contributed by atoms with van der Waals surface area (Å²) in [6.07, 6.45) is 4.52. The van der Waals surface area contributed by atoms with Crippen LogP contribution in [-0.4, -0.2) is 64.8 Å². The first-order valence-electron chi connectivity index (χ1n) is 8.32. The number of fused-ring (bicyclic) bond motifs is 2. The molecule has 0 saturated carbocycles. The number of esters is 1. The molecule has 3 rings (SSSR count). The average molecular weight is 310 g/mol. The van der Waals surface area contributed by atoms with Crippen LogP contribution < -0.4 is 0 Å². The van der Waals surface area contributed by atoms with Gasteiger partial charge in [-0.15, -0.1) is 0 Å². The maximum Gasteiger partial charge on any atom is 0.408 e. The molecule has 3 atom stereocenters. The second-order valence-corrected chi connectivity index (χ2v) is 7.12. The van der Waals surface area contributed by atoms with Gasteiger partial charge in [0.15, 0.2) is 0 Å². The molecule has 3 aliphatic rings. The molecule has 6 heteroatoms. The van der Waals surface area contributed by atoms with Gasteiger partial charge in [0, 0.05) is 30.7 Å².